The van der Waals surface area contributed by atoms with Crippen molar-refractivity contribution in [1.82, 2.24) is 9.47 Å². The summed E-state index contributed by atoms with van der Waals surface area (Å²) in [5.41, 5.74) is 2.17. The van der Waals surface area contributed by atoms with Gasteiger partial charge in [0, 0.05) is 35.1 Å². The molecule has 122 valence electrons. The molecule has 0 aliphatic carbocycles. The second-order valence-corrected chi connectivity index (χ2v) is 6.98. The molecule has 0 saturated heterocycles. The average molecular weight is 402 g/mol. The Morgan fingerprint density at radius 1 is 1.12 bits per heavy atom. The number of halogens is 1. The molecule has 0 amide bonds. The summed E-state index contributed by atoms with van der Waals surface area (Å²) in [5.74, 6) is 0.898. The van der Waals surface area contributed by atoms with Crippen molar-refractivity contribution in [3.63, 3.8) is 0 Å². The SMILES string of the molecule is S=C(Nc1ccc(Br)cc1)N1CCn2cccc2C1c1ccco1. The van der Waals surface area contributed by atoms with E-state index in [0.29, 0.717) is 5.11 Å². The highest BCUT2D eigenvalue weighted by Gasteiger charge is 2.32. The van der Waals surface area contributed by atoms with E-state index in [2.05, 4.69) is 49.0 Å². The molecule has 2 aromatic heterocycles. The maximum Gasteiger partial charge on any atom is 0.174 e. The fraction of sp³-hybridized carbons (Fsp3) is 0.167. The van der Waals surface area contributed by atoms with E-state index >= 15 is 0 Å². The van der Waals surface area contributed by atoms with E-state index in [1.54, 1.807) is 6.26 Å². The van der Waals surface area contributed by atoms with E-state index < -0.39 is 0 Å². The summed E-state index contributed by atoms with van der Waals surface area (Å²) in [6, 6.07) is 16.1. The van der Waals surface area contributed by atoms with Gasteiger partial charge in [0.2, 0.25) is 0 Å². The Balaban J connectivity index is 1.63. The minimum absolute atomic E-state index is 0.0146. The van der Waals surface area contributed by atoms with Crippen LogP contribution >= 0.6 is 28.1 Å². The summed E-state index contributed by atoms with van der Waals surface area (Å²) in [6.45, 7) is 1.73. The molecule has 3 aromatic rings. The smallest absolute Gasteiger partial charge is 0.174 e. The molecule has 1 unspecified atom stereocenters. The number of thiocarbonyl (C=S) groups is 1. The molecule has 1 N–H and O–H groups in total. The van der Waals surface area contributed by atoms with Crippen molar-refractivity contribution >= 4 is 38.9 Å². The lowest BCUT2D eigenvalue weighted by Crippen LogP contribution is -2.44. The van der Waals surface area contributed by atoms with E-state index in [9.17, 15) is 0 Å². The number of hydrogen-bond donors (Lipinski definition) is 1. The molecule has 4 rings (SSSR count). The monoisotopic (exact) mass is 401 g/mol. The van der Waals surface area contributed by atoms with Crippen LogP contribution in [0.25, 0.3) is 0 Å². The Kier molecular flexibility index (Phi) is 4.16. The van der Waals surface area contributed by atoms with Crippen LogP contribution in [0, 0.1) is 0 Å². The van der Waals surface area contributed by atoms with Crippen LogP contribution < -0.4 is 5.32 Å². The molecule has 0 fully saturated rings. The molecule has 1 atom stereocenters. The van der Waals surface area contributed by atoms with Crippen molar-refractivity contribution in [2.75, 3.05) is 11.9 Å². The first kappa shape index (κ1) is 15.5. The second kappa shape index (κ2) is 6.45. The van der Waals surface area contributed by atoms with Gasteiger partial charge in [-0.1, -0.05) is 15.9 Å². The third-order valence-electron chi connectivity index (χ3n) is 4.21. The molecule has 24 heavy (non-hydrogen) atoms. The third-order valence-corrected chi connectivity index (χ3v) is 5.07. The van der Waals surface area contributed by atoms with Crippen LogP contribution in [0.4, 0.5) is 5.69 Å². The Morgan fingerprint density at radius 3 is 2.71 bits per heavy atom. The summed E-state index contributed by atoms with van der Waals surface area (Å²) in [6.07, 6.45) is 3.81. The minimum atomic E-state index is -0.0146. The average Bonchev–Trinajstić information content (AvgIpc) is 3.27. The van der Waals surface area contributed by atoms with Crippen LogP contribution in [-0.4, -0.2) is 21.1 Å². The zero-order valence-electron chi connectivity index (χ0n) is 12.9. The van der Waals surface area contributed by atoms with Gasteiger partial charge in [-0.2, -0.15) is 0 Å². The van der Waals surface area contributed by atoms with Crippen LogP contribution in [0.1, 0.15) is 17.5 Å². The van der Waals surface area contributed by atoms with E-state index in [1.807, 2.05) is 36.4 Å². The van der Waals surface area contributed by atoms with Gasteiger partial charge in [0.25, 0.3) is 0 Å². The molecule has 1 aliphatic heterocycles. The van der Waals surface area contributed by atoms with Crippen LogP contribution in [0.5, 0.6) is 0 Å². The lowest BCUT2D eigenvalue weighted by Gasteiger charge is -2.37. The molecule has 0 bridgehead atoms. The summed E-state index contributed by atoms with van der Waals surface area (Å²) >= 11 is 9.15. The predicted octanol–water partition coefficient (Wildman–Crippen LogP) is 4.65. The van der Waals surface area contributed by atoms with Gasteiger partial charge in [0.05, 0.1) is 6.26 Å². The zero-order valence-corrected chi connectivity index (χ0v) is 15.3. The lowest BCUT2D eigenvalue weighted by molar-refractivity contribution is 0.261. The Hall–Kier alpha value is -2.05. The molecule has 3 heterocycles. The van der Waals surface area contributed by atoms with Crippen molar-refractivity contribution in [3.8, 4) is 0 Å². The molecule has 4 nitrogen and oxygen atoms in total. The lowest BCUT2D eigenvalue weighted by atomic mass is 10.1. The van der Waals surface area contributed by atoms with Gasteiger partial charge in [-0.3, -0.25) is 0 Å². The highest BCUT2D eigenvalue weighted by atomic mass is 79.9. The Bertz CT molecular complexity index is 842. The fourth-order valence-corrected chi connectivity index (χ4v) is 3.66. The topological polar surface area (TPSA) is 33.3 Å². The van der Waals surface area contributed by atoms with Crippen LogP contribution in [0.2, 0.25) is 0 Å². The maximum absolute atomic E-state index is 5.70. The van der Waals surface area contributed by atoms with Gasteiger partial charge < -0.3 is 19.2 Å². The van der Waals surface area contributed by atoms with Crippen LogP contribution in [-0.2, 0) is 6.54 Å². The molecule has 6 heteroatoms. The van der Waals surface area contributed by atoms with E-state index in [-0.39, 0.29) is 6.04 Å². The molecular formula is C18H16BrN3OS. The van der Waals surface area contributed by atoms with Crippen LogP contribution in [0.15, 0.2) is 69.9 Å². The highest BCUT2D eigenvalue weighted by Crippen LogP contribution is 2.33. The van der Waals surface area contributed by atoms with E-state index in [4.69, 9.17) is 16.6 Å². The third kappa shape index (κ3) is 2.87. The second-order valence-electron chi connectivity index (χ2n) is 5.67. The van der Waals surface area contributed by atoms with Gasteiger partial charge in [-0.15, -0.1) is 0 Å². The zero-order chi connectivity index (χ0) is 16.5. The Morgan fingerprint density at radius 2 is 1.96 bits per heavy atom. The number of benzene rings is 1. The predicted molar refractivity (Wildman–Crippen MR) is 102 cm³/mol. The molecule has 0 radical (unpaired) electrons. The molecule has 0 spiro atoms. The van der Waals surface area contributed by atoms with Crippen molar-refractivity contribution in [1.29, 1.82) is 0 Å². The number of anilines is 1. The standard InChI is InChI=1S/C18H16BrN3OS/c19-13-5-7-14(8-6-13)20-18(24)22-11-10-21-9-1-3-15(21)17(22)16-4-2-12-23-16/h1-9,12,17H,10-11H2,(H,20,24). The molecule has 0 saturated carbocycles. The number of nitrogens with one attached hydrogen (secondary N) is 1. The van der Waals surface area contributed by atoms with E-state index in [0.717, 1.165) is 29.0 Å². The molecule has 1 aliphatic rings. The van der Waals surface area contributed by atoms with Gasteiger partial charge in [0.1, 0.15) is 11.8 Å². The highest BCUT2D eigenvalue weighted by molar-refractivity contribution is 9.10. The van der Waals surface area contributed by atoms with Gasteiger partial charge >= 0.3 is 0 Å². The molecular weight excluding hydrogens is 386 g/mol. The van der Waals surface area contributed by atoms with Gasteiger partial charge in [0.15, 0.2) is 5.11 Å². The summed E-state index contributed by atoms with van der Waals surface area (Å²) in [4.78, 5) is 2.19. The van der Waals surface area contributed by atoms with Crippen molar-refractivity contribution in [2.24, 2.45) is 0 Å². The number of fused-ring (bicyclic) bond motifs is 1. The number of aromatic nitrogens is 1. The van der Waals surface area contributed by atoms with Crippen molar-refractivity contribution < 1.29 is 4.42 Å². The number of nitrogens with zero attached hydrogens (tertiary/aromatic N) is 2. The van der Waals surface area contributed by atoms with Crippen molar-refractivity contribution in [3.05, 3.63) is 76.9 Å². The molecule has 1 aromatic carbocycles. The summed E-state index contributed by atoms with van der Waals surface area (Å²) in [5, 5.41) is 4.04. The van der Waals surface area contributed by atoms with Gasteiger partial charge in [-0.05, 0) is 60.7 Å². The van der Waals surface area contributed by atoms with E-state index in [1.165, 1.54) is 5.69 Å². The Labute approximate surface area is 154 Å². The normalized spacial score (nSPS) is 16.7. The minimum Gasteiger partial charge on any atom is -0.467 e. The fourth-order valence-electron chi connectivity index (χ4n) is 3.08. The number of rotatable bonds is 2. The largest absolute Gasteiger partial charge is 0.467 e. The number of furan rings is 1. The van der Waals surface area contributed by atoms with Gasteiger partial charge in [-0.25, -0.2) is 0 Å². The summed E-state index contributed by atoms with van der Waals surface area (Å²) in [7, 11) is 0. The maximum atomic E-state index is 5.70. The van der Waals surface area contributed by atoms with Crippen LogP contribution in [0.3, 0.4) is 0 Å². The first-order chi connectivity index (χ1) is 11.7. The summed E-state index contributed by atoms with van der Waals surface area (Å²) < 4.78 is 9.00. The first-order valence-corrected chi connectivity index (χ1v) is 8.94. The quantitative estimate of drug-likeness (QED) is 0.633. The first-order valence-electron chi connectivity index (χ1n) is 7.74. The van der Waals surface area contributed by atoms with Crippen molar-refractivity contribution in [2.45, 2.75) is 12.6 Å². The number of hydrogen-bond acceptors (Lipinski definition) is 2.